The molecule has 2 saturated carbocycles. The Hall–Kier alpha value is -4.40. The number of nitrogens with two attached hydrogens (primary N) is 2. The molecule has 59 heavy (non-hydrogen) atoms. The normalized spacial score (nSPS) is 25.9. The third-order valence-corrected chi connectivity index (χ3v) is 15.9. The number of hydrogen-bond acceptors (Lipinski definition) is 10. The lowest BCUT2D eigenvalue weighted by Crippen LogP contribution is -2.35. The van der Waals surface area contributed by atoms with E-state index >= 15 is 0 Å². The lowest BCUT2D eigenvalue weighted by Gasteiger charge is -2.44. The molecule has 0 saturated heterocycles. The Morgan fingerprint density at radius 1 is 0.983 bits per heavy atom. The van der Waals surface area contributed by atoms with E-state index in [2.05, 4.69) is 35.9 Å². The van der Waals surface area contributed by atoms with E-state index in [0.717, 1.165) is 64.8 Å². The van der Waals surface area contributed by atoms with E-state index in [4.69, 9.17) is 16.2 Å². The number of ketones is 1. The minimum atomic E-state index is -0.730. The van der Waals surface area contributed by atoms with E-state index < -0.39 is 12.1 Å². The van der Waals surface area contributed by atoms with Crippen LogP contribution >= 0.6 is 21.6 Å². The Morgan fingerprint density at radius 2 is 1.81 bits per heavy atom. The van der Waals surface area contributed by atoms with Crippen LogP contribution in [0.25, 0.3) is 0 Å². The monoisotopic (exact) mass is 828 g/mol. The first kappa shape index (κ1) is 41.3. The average molecular weight is 829 g/mol. The zero-order valence-corrected chi connectivity index (χ0v) is 35.4. The number of nitrogens with zero attached hydrogens (tertiary/aromatic N) is 1. The number of aromatic hydroxyl groups is 2. The van der Waals surface area contributed by atoms with Crippen molar-refractivity contribution in [2.24, 2.45) is 33.2 Å². The van der Waals surface area contributed by atoms with E-state index in [1.807, 2.05) is 58.0 Å². The fraction of sp³-hybridized carbons (Fsp3) is 0.429. The molecule has 3 aliphatic carbocycles. The molecule has 0 aromatic heterocycles. The summed E-state index contributed by atoms with van der Waals surface area (Å²) in [4.78, 5) is 17.9. The van der Waals surface area contributed by atoms with Gasteiger partial charge in [-0.05, 0) is 138 Å². The number of rotatable bonds is 3. The molecule has 8 rings (SSSR count). The number of carbonyl (C=O) groups excluding carboxylic acids is 1. The van der Waals surface area contributed by atoms with Gasteiger partial charge in [-0.2, -0.15) is 0 Å². The molecule has 308 valence electrons. The third kappa shape index (κ3) is 8.90. The molecule has 2 fully saturated rings. The summed E-state index contributed by atoms with van der Waals surface area (Å²) in [5, 5.41) is 36.4. The number of hydrogen-bond donors (Lipinski definition) is 4. The van der Waals surface area contributed by atoms with Crippen LogP contribution < -0.4 is 21.3 Å². The number of aliphatic imine (C=N–C) groups is 1. The number of carbonyl (C=O) groups is 1. The van der Waals surface area contributed by atoms with Crippen LogP contribution in [0.3, 0.4) is 0 Å². The first-order valence-electron chi connectivity index (χ1n) is 21.1. The molecule has 8 bridgehead atoms. The van der Waals surface area contributed by atoms with Gasteiger partial charge in [0.15, 0.2) is 17.3 Å². The smallest absolute Gasteiger partial charge is 0.161 e. The molecular weight excluding hydrogens is 775 g/mol. The fourth-order valence-corrected chi connectivity index (χ4v) is 13.0. The molecule has 0 spiro atoms. The summed E-state index contributed by atoms with van der Waals surface area (Å²) in [5.41, 5.74) is 20.2. The van der Waals surface area contributed by atoms with Gasteiger partial charge in [0.25, 0.3) is 0 Å². The molecule has 3 aromatic rings. The Bertz CT molecular complexity index is 2300. The maximum atomic E-state index is 14.1. The summed E-state index contributed by atoms with van der Waals surface area (Å²) in [6.45, 7) is 2.53. The molecule has 0 radical (unpaired) electrons. The number of ether oxygens (including phenoxy) is 1. The van der Waals surface area contributed by atoms with Gasteiger partial charge in [0.2, 0.25) is 0 Å². The maximum Gasteiger partial charge on any atom is 0.161 e. The Kier molecular flexibility index (Phi) is 12.4. The van der Waals surface area contributed by atoms with Gasteiger partial charge in [0.05, 0.1) is 24.9 Å². The highest BCUT2D eigenvalue weighted by Crippen LogP contribution is 2.64. The lowest BCUT2D eigenvalue weighted by atomic mass is 9.62. The second-order valence-corrected chi connectivity index (χ2v) is 19.6. The van der Waals surface area contributed by atoms with Gasteiger partial charge in [0, 0.05) is 47.6 Å². The number of allylic oxidation sites excluding steroid dienone is 5. The molecule has 10 heteroatoms. The molecule has 4 unspecified atom stereocenters. The quantitative estimate of drug-likeness (QED) is 0.115. The number of fused-ring (bicyclic) bond motifs is 7. The van der Waals surface area contributed by atoms with E-state index in [9.17, 15) is 20.1 Å². The average Bonchev–Trinajstić information content (AvgIpc) is 3.82. The highest BCUT2D eigenvalue weighted by molar-refractivity contribution is 8.76. The first-order chi connectivity index (χ1) is 28.5. The van der Waals surface area contributed by atoms with Crippen LogP contribution in [0.4, 0.5) is 0 Å². The predicted molar refractivity (Wildman–Crippen MR) is 237 cm³/mol. The van der Waals surface area contributed by atoms with Crippen molar-refractivity contribution < 1.29 is 24.9 Å². The van der Waals surface area contributed by atoms with Crippen molar-refractivity contribution in [3.05, 3.63) is 123 Å². The zero-order valence-electron chi connectivity index (χ0n) is 33.8. The summed E-state index contributed by atoms with van der Waals surface area (Å²) in [6.07, 6.45) is 16.8. The van der Waals surface area contributed by atoms with Gasteiger partial charge in [-0.15, -0.1) is 5.76 Å². The van der Waals surface area contributed by atoms with Crippen LogP contribution in [-0.2, 0) is 23.4 Å². The number of benzene rings is 3. The SMILES string of the molecule is CCCC1CCC23CCC1(C=CC(=O)CCc1ccc(O)c(c1)OCCc1ccc(O)c(c1)C1CC([O-])=C4C=CN=C4CC#Cc4cc(C(N)N)c(cc41)CSSC2)C3. The molecule has 6 N–H and O–H groups in total. The molecule has 5 aliphatic rings. The molecule has 3 aromatic carbocycles. The van der Waals surface area contributed by atoms with Crippen molar-refractivity contribution in [1.82, 2.24) is 0 Å². The van der Waals surface area contributed by atoms with Crippen molar-refractivity contribution in [1.29, 1.82) is 0 Å². The van der Waals surface area contributed by atoms with E-state index in [1.165, 1.54) is 19.3 Å². The molecule has 8 nitrogen and oxygen atoms in total. The van der Waals surface area contributed by atoms with Gasteiger partial charge in [-0.1, -0.05) is 77.1 Å². The highest BCUT2D eigenvalue weighted by Gasteiger charge is 2.53. The van der Waals surface area contributed by atoms with E-state index in [1.54, 1.807) is 24.4 Å². The molecule has 2 heterocycles. The maximum absolute atomic E-state index is 14.1. The topological polar surface area (TPSA) is 154 Å². The van der Waals surface area contributed by atoms with Gasteiger partial charge in [-0.3, -0.25) is 9.79 Å². The number of phenols is 2. The second-order valence-electron chi connectivity index (χ2n) is 17.2. The summed E-state index contributed by atoms with van der Waals surface area (Å²) >= 11 is 0. The van der Waals surface area contributed by atoms with Crippen molar-refractivity contribution in [2.75, 3.05) is 12.4 Å². The van der Waals surface area contributed by atoms with Crippen molar-refractivity contribution in [3.8, 4) is 29.1 Å². The van der Waals surface area contributed by atoms with Crippen LogP contribution in [0.5, 0.6) is 17.2 Å². The first-order valence-corrected chi connectivity index (χ1v) is 23.6. The highest BCUT2D eigenvalue weighted by atomic mass is 33.1. The summed E-state index contributed by atoms with van der Waals surface area (Å²) in [5.74, 6) is 8.95. The Morgan fingerprint density at radius 3 is 2.64 bits per heavy atom. The lowest BCUT2D eigenvalue weighted by molar-refractivity contribution is -0.307. The molecule has 0 amide bonds. The zero-order chi connectivity index (χ0) is 41.1. The van der Waals surface area contributed by atoms with Crippen LogP contribution in [0.2, 0.25) is 0 Å². The Labute approximate surface area is 356 Å². The van der Waals surface area contributed by atoms with Crippen LogP contribution in [0, 0.1) is 28.6 Å². The number of phenolic OH excluding ortho intramolecular Hbond substituents is 2. The summed E-state index contributed by atoms with van der Waals surface area (Å²) in [7, 11) is 3.72. The fourth-order valence-electron chi connectivity index (χ4n) is 10.2. The van der Waals surface area contributed by atoms with Gasteiger partial charge in [-0.25, -0.2) is 0 Å². The van der Waals surface area contributed by atoms with E-state index in [-0.39, 0.29) is 46.9 Å². The minimum Gasteiger partial charge on any atom is -0.875 e. The molecule has 2 aliphatic heterocycles. The summed E-state index contributed by atoms with van der Waals surface area (Å²) < 4.78 is 6.14. The standard InChI is InChI=1S/C49H55N3O5S2/c1-2-4-35-13-17-48-19-20-49(35,29-48)18-14-36(53)10-7-31-9-12-44(55)46(24-31)57-22-16-32-8-11-43(54)41(23-32)40-27-45(56)37-15-21-52-42(37)6-3-5-33-25-39(47(50)51)34(26-38(33)40)28-58-59-30-48/h8-9,11-12,14-15,18,21,23-26,35,40,47,54-56H,2,4,6-7,10,13,16-17,19-20,22,27-30,50-51H2,1H3/p-1. The second kappa shape index (κ2) is 17.7. The van der Waals surface area contributed by atoms with Crippen molar-refractivity contribution in [2.45, 2.75) is 102 Å². The summed E-state index contributed by atoms with van der Waals surface area (Å²) in [6, 6.07) is 14.9. The third-order valence-electron chi connectivity index (χ3n) is 13.4. The molecular formula is C49H54N3O5S2-. The van der Waals surface area contributed by atoms with Crippen molar-refractivity contribution >= 4 is 33.1 Å². The van der Waals surface area contributed by atoms with Gasteiger partial charge < -0.3 is 31.5 Å². The van der Waals surface area contributed by atoms with Crippen molar-refractivity contribution in [3.63, 3.8) is 0 Å². The van der Waals surface area contributed by atoms with Gasteiger partial charge in [0.1, 0.15) is 5.75 Å². The van der Waals surface area contributed by atoms with Crippen LogP contribution in [0.1, 0.15) is 122 Å². The van der Waals surface area contributed by atoms with Crippen LogP contribution in [-0.4, -0.2) is 34.1 Å². The number of aryl methyl sites for hydroxylation is 1. The van der Waals surface area contributed by atoms with Crippen LogP contribution in [0.15, 0.2) is 89.3 Å². The molecule has 4 atom stereocenters. The minimum absolute atomic E-state index is 0.0367. The van der Waals surface area contributed by atoms with E-state index in [0.29, 0.717) is 60.0 Å². The largest absolute Gasteiger partial charge is 0.875 e. The Balaban J connectivity index is 1.19. The predicted octanol–water partition coefficient (Wildman–Crippen LogP) is 8.81. The van der Waals surface area contributed by atoms with Gasteiger partial charge >= 0.3 is 0 Å².